The second kappa shape index (κ2) is 3.29. The number of carbonyl (C=O) groups is 1. The highest BCUT2D eigenvalue weighted by molar-refractivity contribution is 5.88. The van der Waals surface area contributed by atoms with Crippen molar-refractivity contribution < 1.29 is 9.53 Å². The molecule has 1 aliphatic heterocycles. The summed E-state index contributed by atoms with van der Waals surface area (Å²) in [6, 6.07) is 9.74. The molecule has 1 unspecified atom stereocenters. The fourth-order valence-corrected chi connectivity index (χ4v) is 1.77. The maximum absolute atomic E-state index is 11.5. The zero-order valence-corrected chi connectivity index (χ0v) is 7.90. The molecule has 0 amide bonds. The molecule has 1 heterocycles. The van der Waals surface area contributed by atoms with Crippen LogP contribution >= 0.6 is 0 Å². The van der Waals surface area contributed by atoms with Gasteiger partial charge in [-0.3, -0.25) is 4.79 Å². The lowest BCUT2D eigenvalue weighted by molar-refractivity contribution is -0.173. The Hall–Kier alpha value is -1.57. The van der Waals surface area contributed by atoms with Gasteiger partial charge in [-0.05, 0) is 12.0 Å². The van der Waals surface area contributed by atoms with E-state index in [1.54, 1.807) is 6.08 Å². The van der Waals surface area contributed by atoms with E-state index >= 15 is 0 Å². The molecule has 0 saturated carbocycles. The van der Waals surface area contributed by atoms with Gasteiger partial charge in [0.05, 0.1) is 0 Å². The Morgan fingerprint density at radius 2 is 2.14 bits per heavy atom. The highest BCUT2D eigenvalue weighted by atomic mass is 16.6. The van der Waals surface area contributed by atoms with Gasteiger partial charge < -0.3 is 4.74 Å². The first-order chi connectivity index (χ1) is 6.79. The van der Waals surface area contributed by atoms with E-state index in [1.807, 2.05) is 30.3 Å². The predicted octanol–water partition coefficient (Wildman–Crippen LogP) is 2.06. The van der Waals surface area contributed by atoms with Gasteiger partial charge in [-0.1, -0.05) is 36.4 Å². The average molecular weight is 188 g/mol. The van der Waals surface area contributed by atoms with Crippen molar-refractivity contribution in [1.82, 2.24) is 0 Å². The Morgan fingerprint density at radius 3 is 2.57 bits per heavy atom. The summed E-state index contributed by atoms with van der Waals surface area (Å²) in [7, 11) is 0. The maximum Gasteiger partial charge on any atom is 0.320 e. The number of ether oxygens (including phenoxy) is 1. The van der Waals surface area contributed by atoms with Gasteiger partial charge in [0.25, 0.3) is 0 Å². The molecule has 1 aromatic carbocycles. The van der Waals surface area contributed by atoms with Crippen LogP contribution in [0.25, 0.3) is 0 Å². The van der Waals surface area contributed by atoms with Crippen molar-refractivity contribution in [2.24, 2.45) is 0 Å². The summed E-state index contributed by atoms with van der Waals surface area (Å²) in [5.41, 5.74) is 0.569. The van der Waals surface area contributed by atoms with E-state index in [0.29, 0.717) is 13.0 Å². The monoisotopic (exact) mass is 188 g/mol. The molecule has 0 aromatic heterocycles. The van der Waals surface area contributed by atoms with Crippen LogP contribution in [-0.2, 0) is 14.9 Å². The second-order valence-electron chi connectivity index (χ2n) is 3.52. The number of hydrogen-bond donors (Lipinski definition) is 0. The fourth-order valence-electron chi connectivity index (χ4n) is 1.77. The lowest BCUT2D eigenvalue weighted by Gasteiger charge is -2.38. The van der Waals surface area contributed by atoms with Crippen LogP contribution in [0.4, 0.5) is 0 Å². The third-order valence-electron chi connectivity index (χ3n) is 2.66. The number of allylic oxidation sites excluding steroid dienone is 1. The van der Waals surface area contributed by atoms with Gasteiger partial charge in [-0.25, -0.2) is 0 Å². The van der Waals surface area contributed by atoms with Gasteiger partial charge in [0.2, 0.25) is 0 Å². The van der Waals surface area contributed by atoms with E-state index in [2.05, 4.69) is 6.58 Å². The summed E-state index contributed by atoms with van der Waals surface area (Å²) in [6.45, 7) is 4.15. The van der Waals surface area contributed by atoms with E-state index < -0.39 is 5.41 Å². The third kappa shape index (κ3) is 1.15. The quantitative estimate of drug-likeness (QED) is 0.536. The van der Waals surface area contributed by atoms with Crippen molar-refractivity contribution in [2.75, 3.05) is 6.61 Å². The molecule has 0 radical (unpaired) electrons. The van der Waals surface area contributed by atoms with Crippen LogP contribution in [0.15, 0.2) is 43.0 Å². The number of esters is 1. The predicted molar refractivity (Wildman–Crippen MR) is 53.9 cm³/mol. The summed E-state index contributed by atoms with van der Waals surface area (Å²) in [6.07, 6.45) is 2.42. The lowest BCUT2D eigenvalue weighted by Crippen LogP contribution is -2.51. The SMILES string of the molecule is C=CCC1(c2ccccc2)COC1=O. The number of benzene rings is 1. The third-order valence-corrected chi connectivity index (χ3v) is 2.66. The molecule has 1 aliphatic rings. The Bertz CT molecular complexity index is 356. The summed E-state index contributed by atoms with van der Waals surface area (Å²) < 4.78 is 4.87. The van der Waals surface area contributed by atoms with Gasteiger partial charge in [-0.15, -0.1) is 6.58 Å². The summed E-state index contributed by atoms with van der Waals surface area (Å²) in [5, 5.41) is 0. The molecule has 0 spiro atoms. The Morgan fingerprint density at radius 1 is 1.43 bits per heavy atom. The average Bonchev–Trinajstić information content (AvgIpc) is 2.25. The van der Waals surface area contributed by atoms with Crippen molar-refractivity contribution >= 4 is 5.97 Å². The van der Waals surface area contributed by atoms with E-state index in [9.17, 15) is 4.79 Å². The minimum Gasteiger partial charge on any atom is -0.463 e. The number of cyclic esters (lactones) is 1. The molecule has 0 aliphatic carbocycles. The molecule has 1 fully saturated rings. The zero-order chi connectivity index (χ0) is 10.0. The number of carbonyl (C=O) groups excluding carboxylic acids is 1. The van der Waals surface area contributed by atoms with Gasteiger partial charge in [-0.2, -0.15) is 0 Å². The minimum absolute atomic E-state index is 0.136. The fraction of sp³-hybridized carbons (Fsp3) is 0.250. The highest BCUT2D eigenvalue weighted by Gasteiger charge is 2.49. The second-order valence-corrected chi connectivity index (χ2v) is 3.52. The molecule has 1 saturated heterocycles. The topological polar surface area (TPSA) is 26.3 Å². The molecule has 2 rings (SSSR count). The minimum atomic E-state index is -0.455. The molecule has 0 N–H and O–H groups in total. The molecule has 14 heavy (non-hydrogen) atoms. The first kappa shape index (κ1) is 9.00. The highest BCUT2D eigenvalue weighted by Crippen LogP contribution is 2.37. The first-order valence-electron chi connectivity index (χ1n) is 4.63. The van der Waals surface area contributed by atoms with Crippen molar-refractivity contribution in [3.8, 4) is 0 Å². The van der Waals surface area contributed by atoms with Crippen molar-refractivity contribution in [3.05, 3.63) is 48.6 Å². The van der Waals surface area contributed by atoms with Crippen LogP contribution in [-0.4, -0.2) is 12.6 Å². The smallest absolute Gasteiger partial charge is 0.320 e. The van der Waals surface area contributed by atoms with Crippen LogP contribution in [0.2, 0.25) is 0 Å². The maximum atomic E-state index is 11.5. The van der Waals surface area contributed by atoms with E-state index in [4.69, 9.17) is 4.74 Å². The Balaban J connectivity index is 2.37. The van der Waals surface area contributed by atoms with Crippen LogP contribution in [0.3, 0.4) is 0 Å². The van der Waals surface area contributed by atoms with Crippen LogP contribution in [0.5, 0.6) is 0 Å². The molecule has 1 atom stereocenters. The van der Waals surface area contributed by atoms with Crippen molar-refractivity contribution in [1.29, 1.82) is 0 Å². The summed E-state index contributed by atoms with van der Waals surface area (Å²) >= 11 is 0. The molecule has 1 aromatic rings. The molecular weight excluding hydrogens is 176 g/mol. The van der Waals surface area contributed by atoms with E-state index in [1.165, 1.54) is 0 Å². The number of hydrogen-bond acceptors (Lipinski definition) is 2. The molecule has 72 valence electrons. The standard InChI is InChI=1S/C12H12O2/c1-2-8-12(9-14-11(12)13)10-6-4-3-5-7-10/h2-7H,1,8-9H2. The molecule has 2 heteroatoms. The zero-order valence-electron chi connectivity index (χ0n) is 7.90. The largest absolute Gasteiger partial charge is 0.463 e. The molecule has 0 bridgehead atoms. The van der Waals surface area contributed by atoms with E-state index in [-0.39, 0.29) is 5.97 Å². The van der Waals surface area contributed by atoms with Gasteiger partial charge in [0, 0.05) is 0 Å². The lowest BCUT2D eigenvalue weighted by atomic mass is 9.75. The molecular formula is C12H12O2. The van der Waals surface area contributed by atoms with Crippen molar-refractivity contribution in [2.45, 2.75) is 11.8 Å². The van der Waals surface area contributed by atoms with E-state index in [0.717, 1.165) is 5.56 Å². The summed E-state index contributed by atoms with van der Waals surface area (Å²) in [5.74, 6) is -0.136. The Kier molecular flexibility index (Phi) is 2.12. The van der Waals surface area contributed by atoms with Crippen LogP contribution < -0.4 is 0 Å². The van der Waals surface area contributed by atoms with Gasteiger partial charge >= 0.3 is 5.97 Å². The van der Waals surface area contributed by atoms with Gasteiger partial charge in [0.1, 0.15) is 12.0 Å². The number of rotatable bonds is 3. The molecule has 2 nitrogen and oxygen atoms in total. The summed E-state index contributed by atoms with van der Waals surface area (Å²) in [4.78, 5) is 11.5. The Labute approximate surface area is 83.2 Å². The first-order valence-corrected chi connectivity index (χ1v) is 4.63. The normalized spacial score (nSPS) is 25.0. The van der Waals surface area contributed by atoms with Crippen LogP contribution in [0, 0.1) is 0 Å². The van der Waals surface area contributed by atoms with Crippen molar-refractivity contribution in [3.63, 3.8) is 0 Å². The van der Waals surface area contributed by atoms with Crippen LogP contribution in [0.1, 0.15) is 12.0 Å². The van der Waals surface area contributed by atoms with Gasteiger partial charge in [0.15, 0.2) is 0 Å².